The maximum Gasteiger partial charge on any atom is 0.325 e. The summed E-state index contributed by atoms with van der Waals surface area (Å²) in [5.41, 5.74) is 0. The van der Waals surface area contributed by atoms with Crippen molar-refractivity contribution >= 4 is 11.8 Å². The van der Waals surface area contributed by atoms with E-state index in [2.05, 4.69) is 9.72 Å². The molecule has 0 aliphatic carbocycles. The van der Waals surface area contributed by atoms with Crippen LogP contribution in [-0.2, 0) is 9.53 Å². The molecule has 0 saturated heterocycles. The van der Waals surface area contributed by atoms with Gasteiger partial charge in [0.2, 0.25) is 0 Å². The van der Waals surface area contributed by atoms with Gasteiger partial charge in [0, 0.05) is 6.54 Å². The Labute approximate surface area is 101 Å². The Bertz CT molecular complexity index is 351. The summed E-state index contributed by atoms with van der Waals surface area (Å²) < 4.78 is 9.70. The number of anilines is 1. The fourth-order valence-corrected chi connectivity index (χ4v) is 1.45. The first-order valence-corrected chi connectivity index (χ1v) is 5.53. The second-order valence-corrected chi connectivity index (χ2v) is 3.55. The van der Waals surface area contributed by atoms with Gasteiger partial charge in [0.05, 0.1) is 20.4 Å². The molecule has 0 N–H and O–H groups in total. The van der Waals surface area contributed by atoms with Crippen molar-refractivity contribution in [2.45, 2.75) is 13.3 Å². The summed E-state index contributed by atoms with van der Waals surface area (Å²) in [6.45, 7) is 3.02. The van der Waals surface area contributed by atoms with Gasteiger partial charge in [0.1, 0.15) is 18.1 Å². The van der Waals surface area contributed by atoms with E-state index in [4.69, 9.17) is 4.74 Å². The first kappa shape index (κ1) is 13.3. The normalized spacial score (nSPS) is 9.82. The van der Waals surface area contributed by atoms with E-state index in [1.807, 2.05) is 24.0 Å². The summed E-state index contributed by atoms with van der Waals surface area (Å²) in [7, 11) is 2.98. The predicted molar refractivity (Wildman–Crippen MR) is 65.3 cm³/mol. The lowest BCUT2D eigenvalue weighted by atomic mass is 10.3. The van der Waals surface area contributed by atoms with Crippen LogP contribution in [0, 0.1) is 0 Å². The number of pyridine rings is 1. The third-order valence-electron chi connectivity index (χ3n) is 2.32. The Morgan fingerprint density at radius 2 is 2.18 bits per heavy atom. The van der Waals surface area contributed by atoms with E-state index in [0.717, 1.165) is 18.8 Å². The summed E-state index contributed by atoms with van der Waals surface area (Å²) in [6.07, 6.45) is 2.57. The Morgan fingerprint density at radius 1 is 1.41 bits per heavy atom. The minimum atomic E-state index is -0.268. The van der Waals surface area contributed by atoms with Gasteiger partial charge in [-0.15, -0.1) is 0 Å². The Balaban J connectivity index is 2.77. The lowest BCUT2D eigenvalue weighted by Gasteiger charge is -2.21. The molecule has 1 aromatic heterocycles. The number of methoxy groups -OCH3 is 2. The highest BCUT2D eigenvalue weighted by Crippen LogP contribution is 2.15. The molecule has 0 saturated carbocycles. The number of aromatic nitrogens is 1. The van der Waals surface area contributed by atoms with Crippen LogP contribution < -0.4 is 9.64 Å². The summed E-state index contributed by atoms with van der Waals surface area (Å²) >= 11 is 0. The molecule has 17 heavy (non-hydrogen) atoms. The van der Waals surface area contributed by atoms with Crippen molar-refractivity contribution in [1.29, 1.82) is 0 Å². The molecule has 0 aliphatic rings. The molecule has 0 aromatic carbocycles. The summed E-state index contributed by atoms with van der Waals surface area (Å²) in [6, 6.07) is 3.65. The molecule has 5 nitrogen and oxygen atoms in total. The van der Waals surface area contributed by atoms with E-state index in [0.29, 0.717) is 5.75 Å². The van der Waals surface area contributed by atoms with E-state index < -0.39 is 0 Å². The maximum atomic E-state index is 11.3. The molecule has 0 fully saturated rings. The van der Waals surface area contributed by atoms with E-state index in [9.17, 15) is 4.79 Å². The van der Waals surface area contributed by atoms with E-state index in [1.165, 1.54) is 7.11 Å². The van der Waals surface area contributed by atoms with Gasteiger partial charge in [-0.3, -0.25) is 4.79 Å². The van der Waals surface area contributed by atoms with Gasteiger partial charge >= 0.3 is 5.97 Å². The predicted octanol–water partition coefficient (Wildman–Crippen LogP) is 1.48. The Kier molecular flexibility index (Phi) is 5.26. The van der Waals surface area contributed by atoms with E-state index in [1.54, 1.807) is 13.3 Å². The van der Waals surface area contributed by atoms with Gasteiger partial charge in [0.15, 0.2) is 0 Å². The molecule has 0 atom stereocenters. The van der Waals surface area contributed by atoms with Crippen LogP contribution in [0.25, 0.3) is 0 Å². The van der Waals surface area contributed by atoms with Gasteiger partial charge in [-0.2, -0.15) is 0 Å². The van der Waals surface area contributed by atoms with Gasteiger partial charge < -0.3 is 14.4 Å². The number of hydrogen-bond acceptors (Lipinski definition) is 5. The summed E-state index contributed by atoms with van der Waals surface area (Å²) in [4.78, 5) is 17.4. The van der Waals surface area contributed by atoms with Crippen LogP contribution in [0.3, 0.4) is 0 Å². The van der Waals surface area contributed by atoms with Crippen LogP contribution in [0.1, 0.15) is 13.3 Å². The second-order valence-electron chi connectivity index (χ2n) is 3.55. The van der Waals surface area contributed by atoms with Crippen molar-refractivity contribution in [3.05, 3.63) is 18.3 Å². The molecule has 0 unspecified atom stereocenters. The maximum absolute atomic E-state index is 11.3. The summed E-state index contributed by atoms with van der Waals surface area (Å²) in [5.74, 6) is 1.18. The van der Waals surface area contributed by atoms with Crippen LogP contribution >= 0.6 is 0 Å². The minimum absolute atomic E-state index is 0.212. The molecule has 0 spiro atoms. The Hall–Kier alpha value is -1.78. The largest absolute Gasteiger partial charge is 0.495 e. The molecule has 1 heterocycles. The van der Waals surface area contributed by atoms with Gasteiger partial charge in [-0.1, -0.05) is 6.92 Å². The van der Waals surface area contributed by atoms with Crippen molar-refractivity contribution in [3.8, 4) is 5.75 Å². The molecule has 1 rings (SSSR count). The van der Waals surface area contributed by atoms with Crippen LogP contribution in [0.15, 0.2) is 18.3 Å². The third-order valence-corrected chi connectivity index (χ3v) is 2.32. The van der Waals surface area contributed by atoms with Crippen LogP contribution in [0.2, 0.25) is 0 Å². The SMILES string of the molecule is CCCN(CC(=O)OC)c1ccc(OC)cn1. The lowest BCUT2D eigenvalue weighted by molar-refractivity contribution is -0.138. The van der Waals surface area contributed by atoms with Gasteiger partial charge in [-0.05, 0) is 18.6 Å². The fourth-order valence-electron chi connectivity index (χ4n) is 1.45. The van der Waals surface area contributed by atoms with Crippen molar-refractivity contribution in [3.63, 3.8) is 0 Å². The first-order valence-electron chi connectivity index (χ1n) is 5.53. The zero-order chi connectivity index (χ0) is 12.7. The van der Waals surface area contributed by atoms with E-state index >= 15 is 0 Å². The topological polar surface area (TPSA) is 51.7 Å². The zero-order valence-corrected chi connectivity index (χ0v) is 10.5. The lowest BCUT2D eigenvalue weighted by Crippen LogP contribution is -2.31. The van der Waals surface area contributed by atoms with Crippen molar-refractivity contribution in [2.75, 3.05) is 32.2 Å². The van der Waals surface area contributed by atoms with Crippen LogP contribution in [-0.4, -0.2) is 38.3 Å². The van der Waals surface area contributed by atoms with Crippen LogP contribution in [0.5, 0.6) is 5.75 Å². The Morgan fingerprint density at radius 3 is 2.65 bits per heavy atom. The summed E-state index contributed by atoms with van der Waals surface area (Å²) in [5, 5.41) is 0. The van der Waals surface area contributed by atoms with Crippen molar-refractivity contribution in [1.82, 2.24) is 4.98 Å². The highest BCUT2D eigenvalue weighted by molar-refractivity contribution is 5.75. The zero-order valence-electron chi connectivity index (χ0n) is 10.5. The number of carbonyl (C=O) groups is 1. The van der Waals surface area contributed by atoms with Crippen LogP contribution in [0.4, 0.5) is 5.82 Å². The molecule has 1 aromatic rings. The number of ether oxygens (including phenoxy) is 2. The number of rotatable bonds is 6. The van der Waals surface area contributed by atoms with Gasteiger partial charge in [-0.25, -0.2) is 4.98 Å². The van der Waals surface area contributed by atoms with Crippen molar-refractivity contribution in [2.24, 2.45) is 0 Å². The highest BCUT2D eigenvalue weighted by atomic mass is 16.5. The average molecular weight is 238 g/mol. The number of hydrogen-bond donors (Lipinski definition) is 0. The molecular formula is C12H18N2O3. The molecule has 0 radical (unpaired) electrons. The first-order chi connectivity index (χ1) is 8.21. The minimum Gasteiger partial charge on any atom is -0.495 e. The second kappa shape index (κ2) is 6.73. The monoisotopic (exact) mass is 238 g/mol. The molecule has 94 valence electrons. The standard InChI is InChI=1S/C12H18N2O3/c1-4-7-14(9-12(15)17-3)11-6-5-10(16-2)8-13-11/h5-6,8H,4,7,9H2,1-3H3. The molecular weight excluding hydrogens is 220 g/mol. The number of carbonyl (C=O) groups excluding carboxylic acids is 1. The fraction of sp³-hybridized carbons (Fsp3) is 0.500. The van der Waals surface area contributed by atoms with E-state index in [-0.39, 0.29) is 12.5 Å². The van der Waals surface area contributed by atoms with Crippen molar-refractivity contribution < 1.29 is 14.3 Å². The molecule has 0 bridgehead atoms. The quantitative estimate of drug-likeness (QED) is 0.703. The molecule has 0 amide bonds. The highest BCUT2D eigenvalue weighted by Gasteiger charge is 2.12. The third kappa shape index (κ3) is 3.94. The molecule has 0 aliphatic heterocycles. The molecule has 5 heteroatoms. The van der Waals surface area contributed by atoms with Gasteiger partial charge in [0.25, 0.3) is 0 Å². The number of esters is 1. The smallest absolute Gasteiger partial charge is 0.325 e. The average Bonchev–Trinajstić information content (AvgIpc) is 2.38. The number of nitrogens with zero attached hydrogens (tertiary/aromatic N) is 2.